The van der Waals surface area contributed by atoms with Crippen LogP contribution in [0.4, 0.5) is 65.9 Å². The van der Waals surface area contributed by atoms with Crippen LogP contribution in [0, 0.1) is 0 Å². The molecule has 0 aromatic rings. The van der Waals surface area contributed by atoms with E-state index in [2.05, 4.69) is 5.73 Å². The summed E-state index contributed by atoms with van der Waals surface area (Å²) in [7, 11) is 0. The maximum absolute atomic E-state index is 13.4. The topological polar surface area (TPSA) is 26.0 Å². The third-order valence-electron chi connectivity index (χ3n) is 3.42. The van der Waals surface area contributed by atoms with Crippen LogP contribution in [0.5, 0.6) is 0 Å². The molecule has 1 unspecified atom stereocenters. The molecular formula is C11H10F15N. The van der Waals surface area contributed by atoms with E-state index in [1.807, 2.05) is 0 Å². The summed E-state index contributed by atoms with van der Waals surface area (Å²) in [6.45, 7) is 0.985. The molecule has 27 heavy (non-hydrogen) atoms. The molecule has 0 rings (SSSR count). The van der Waals surface area contributed by atoms with Crippen LogP contribution in [0.25, 0.3) is 0 Å². The van der Waals surface area contributed by atoms with Crippen LogP contribution in [0.15, 0.2) is 0 Å². The van der Waals surface area contributed by atoms with Crippen molar-refractivity contribution in [1.29, 1.82) is 0 Å². The normalized spacial score (nSPS) is 17.2. The van der Waals surface area contributed by atoms with Crippen molar-refractivity contribution in [1.82, 2.24) is 0 Å². The average molecular weight is 441 g/mol. The van der Waals surface area contributed by atoms with Gasteiger partial charge in [-0.15, -0.1) is 0 Å². The SMILES string of the molecule is CCCC(N)C(F)(F)C(F)(F)C(F)(F)C(F)(F)C(F)(F)C(F)(F)C(F)(F)F. The Labute approximate surface area is 140 Å². The van der Waals surface area contributed by atoms with Gasteiger partial charge in [0.1, 0.15) is 0 Å². The van der Waals surface area contributed by atoms with E-state index in [0.29, 0.717) is 0 Å². The van der Waals surface area contributed by atoms with Gasteiger partial charge in [0.15, 0.2) is 0 Å². The number of alkyl halides is 15. The fraction of sp³-hybridized carbons (Fsp3) is 1.00. The predicted molar refractivity (Wildman–Crippen MR) is 58.6 cm³/mol. The Bertz CT molecular complexity index is 520. The van der Waals surface area contributed by atoms with Gasteiger partial charge in [-0.3, -0.25) is 0 Å². The molecular weight excluding hydrogens is 431 g/mol. The molecule has 16 heteroatoms. The van der Waals surface area contributed by atoms with Crippen molar-refractivity contribution < 1.29 is 65.9 Å². The average Bonchev–Trinajstić information content (AvgIpc) is 2.45. The second-order valence-corrected chi connectivity index (χ2v) is 5.39. The minimum atomic E-state index is -8.27. The lowest BCUT2D eigenvalue weighted by Gasteiger charge is -2.42. The molecule has 2 N–H and O–H groups in total. The lowest BCUT2D eigenvalue weighted by Crippen LogP contribution is -2.74. The molecule has 0 radical (unpaired) electrons. The van der Waals surface area contributed by atoms with Crippen LogP contribution in [0.3, 0.4) is 0 Å². The van der Waals surface area contributed by atoms with Gasteiger partial charge >= 0.3 is 41.7 Å². The Morgan fingerprint density at radius 2 is 0.852 bits per heavy atom. The van der Waals surface area contributed by atoms with Gasteiger partial charge in [0.2, 0.25) is 0 Å². The van der Waals surface area contributed by atoms with E-state index >= 15 is 0 Å². The summed E-state index contributed by atoms with van der Waals surface area (Å²) in [5.41, 5.74) is 4.43. The van der Waals surface area contributed by atoms with Crippen molar-refractivity contribution in [2.75, 3.05) is 0 Å². The van der Waals surface area contributed by atoms with Crippen molar-refractivity contribution >= 4 is 0 Å². The van der Waals surface area contributed by atoms with Crippen molar-refractivity contribution in [2.24, 2.45) is 5.73 Å². The summed E-state index contributed by atoms with van der Waals surface area (Å²) in [6, 6.07) is -3.34. The first-order chi connectivity index (χ1) is 11.5. The quantitative estimate of drug-likeness (QED) is 0.496. The monoisotopic (exact) mass is 441 g/mol. The van der Waals surface area contributed by atoms with Crippen LogP contribution in [-0.4, -0.2) is 47.8 Å². The highest BCUT2D eigenvalue weighted by Gasteiger charge is 2.93. The highest BCUT2D eigenvalue weighted by Crippen LogP contribution is 2.62. The van der Waals surface area contributed by atoms with Crippen molar-refractivity contribution in [3.63, 3.8) is 0 Å². The minimum absolute atomic E-state index is 0.517. The van der Waals surface area contributed by atoms with Crippen LogP contribution >= 0.6 is 0 Å². The van der Waals surface area contributed by atoms with Gasteiger partial charge in [-0.1, -0.05) is 13.3 Å². The zero-order valence-electron chi connectivity index (χ0n) is 12.7. The highest BCUT2D eigenvalue weighted by atomic mass is 19.4. The molecule has 1 atom stereocenters. The molecule has 0 spiro atoms. The lowest BCUT2D eigenvalue weighted by molar-refractivity contribution is -0.453. The zero-order chi connectivity index (χ0) is 22.5. The molecule has 0 aliphatic heterocycles. The van der Waals surface area contributed by atoms with Crippen LogP contribution in [-0.2, 0) is 0 Å². The third-order valence-corrected chi connectivity index (χ3v) is 3.42. The summed E-state index contributed by atoms with van der Waals surface area (Å²) >= 11 is 0. The number of hydrogen-bond acceptors (Lipinski definition) is 1. The van der Waals surface area contributed by atoms with E-state index in [0.717, 1.165) is 6.92 Å². The van der Waals surface area contributed by atoms with Gasteiger partial charge in [0, 0.05) is 0 Å². The van der Waals surface area contributed by atoms with Gasteiger partial charge in [-0.05, 0) is 6.42 Å². The molecule has 0 aliphatic carbocycles. The fourth-order valence-corrected chi connectivity index (χ4v) is 1.70. The molecule has 0 amide bonds. The molecule has 0 bridgehead atoms. The zero-order valence-corrected chi connectivity index (χ0v) is 12.7. The van der Waals surface area contributed by atoms with E-state index in [-0.39, 0.29) is 0 Å². The summed E-state index contributed by atoms with van der Waals surface area (Å²) < 4.78 is 193. The van der Waals surface area contributed by atoms with Gasteiger partial charge in [-0.2, -0.15) is 65.9 Å². The molecule has 0 aromatic heterocycles. The standard InChI is InChI=1S/C11H10F15N/c1-2-3-4(27)5(12,13)6(14,15)7(16,17)8(18,19)9(20,21)10(22,23)11(24,25)26/h4H,2-3,27H2,1H3. The highest BCUT2D eigenvalue weighted by molar-refractivity contribution is 5.14. The Morgan fingerprint density at radius 1 is 0.556 bits per heavy atom. The molecule has 0 saturated heterocycles. The van der Waals surface area contributed by atoms with Gasteiger partial charge in [0.25, 0.3) is 0 Å². The van der Waals surface area contributed by atoms with Crippen LogP contribution in [0.2, 0.25) is 0 Å². The molecule has 1 nitrogen and oxygen atoms in total. The van der Waals surface area contributed by atoms with Crippen LogP contribution < -0.4 is 5.73 Å². The Balaban J connectivity index is 6.47. The lowest BCUT2D eigenvalue weighted by atomic mass is 9.88. The van der Waals surface area contributed by atoms with Gasteiger partial charge < -0.3 is 5.73 Å². The van der Waals surface area contributed by atoms with Gasteiger partial charge in [0.05, 0.1) is 6.04 Å². The molecule has 0 aliphatic rings. The summed E-state index contributed by atoms with van der Waals surface area (Å²) in [5.74, 6) is -46.4. The Kier molecular flexibility index (Phi) is 6.48. The second kappa shape index (κ2) is 6.76. The first kappa shape index (κ1) is 25.9. The van der Waals surface area contributed by atoms with E-state index in [4.69, 9.17) is 0 Å². The molecule has 0 fully saturated rings. The van der Waals surface area contributed by atoms with Crippen molar-refractivity contribution in [3.05, 3.63) is 0 Å². The van der Waals surface area contributed by atoms with Crippen molar-refractivity contribution in [2.45, 2.75) is 67.5 Å². The van der Waals surface area contributed by atoms with E-state index in [1.54, 1.807) is 0 Å². The molecule has 0 heterocycles. The van der Waals surface area contributed by atoms with Crippen molar-refractivity contribution in [3.8, 4) is 0 Å². The second-order valence-electron chi connectivity index (χ2n) is 5.39. The molecule has 164 valence electrons. The predicted octanol–water partition coefficient (Wildman–Crippen LogP) is 5.49. The number of rotatable bonds is 8. The summed E-state index contributed by atoms with van der Waals surface area (Å²) in [4.78, 5) is 0. The summed E-state index contributed by atoms with van der Waals surface area (Å²) in [5, 5.41) is 0. The fourth-order valence-electron chi connectivity index (χ4n) is 1.70. The molecule has 0 aromatic carbocycles. The minimum Gasteiger partial charge on any atom is -0.322 e. The first-order valence-electron chi connectivity index (χ1n) is 6.57. The molecule has 0 saturated carbocycles. The third kappa shape index (κ3) is 3.41. The smallest absolute Gasteiger partial charge is 0.322 e. The van der Waals surface area contributed by atoms with E-state index in [9.17, 15) is 65.9 Å². The number of nitrogens with two attached hydrogens (primary N) is 1. The maximum Gasteiger partial charge on any atom is 0.460 e. The van der Waals surface area contributed by atoms with E-state index < -0.39 is 60.6 Å². The maximum atomic E-state index is 13.4. The Hall–Kier alpha value is -1.09. The largest absolute Gasteiger partial charge is 0.460 e. The van der Waals surface area contributed by atoms with Crippen LogP contribution in [0.1, 0.15) is 19.8 Å². The summed E-state index contributed by atoms with van der Waals surface area (Å²) in [6.07, 6.45) is -9.36. The first-order valence-corrected chi connectivity index (χ1v) is 6.57. The van der Waals surface area contributed by atoms with Gasteiger partial charge in [-0.25, -0.2) is 0 Å². The number of hydrogen-bond donors (Lipinski definition) is 1. The Morgan fingerprint density at radius 3 is 1.15 bits per heavy atom. The van der Waals surface area contributed by atoms with E-state index in [1.165, 1.54) is 0 Å². The number of halogens is 15.